The first kappa shape index (κ1) is 15.8. The Kier molecular flexibility index (Phi) is 4.16. The van der Waals surface area contributed by atoms with Crippen LogP contribution in [0.15, 0.2) is 18.2 Å². The maximum absolute atomic E-state index is 12.5. The summed E-state index contributed by atoms with van der Waals surface area (Å²) < 4.78 is 75.2. The second-order valence-electron chi connectivity index (χ2n) is 4.11. The summed E-state index contributed by atoms with van der Waals surface area (Å²) in [5.41, 5.74) is 2.06. The molecule has 2 nitrogen and oxygen atoms in total. The molecule has 19 heavy (non-hydrogen) atoms. The lowest BCUT2D eigenvalue weighted by Crippen LogP contribution is -2.24. The fourth-order valence-corrected chi connectivity index (χ4v) is 1.45. The predicted molar refractivity (Wildman–Crippen MR) is 55.1 cm³/mol. The van der Waals surface area contributed by atoms with Gasteiger partial charge in [-0.05, 0) is 30.7 Å². The van der Waals surface area contributed by atoms with Gasteiger partial charge in [-0.1, -0.05) is 0 Å². The highest BCUT2D eigenvalue weighted by Crippen LogP contribution is 2.37. The number of rotatable bonds is 2. The minimum atomic E-state index is -4.92. The molecule has 0 aliphatic rings. The smallest absolute Gasteiger partial charge is 0.391 e. The topological polar surface area (TPSA) is 46.2 Å². The van der Waals surface area contributed by atoms with E-state index in [2.05, 4.69) is 0 Å². The van der Waals surface area contributed by atoms with E-state index in [1.165, 1.54) is 6.92 Å². The highest BCUT2D eigenvalue weighted by Gasteiger charge is 2.37. The van der Waals surface area contributed by atoms with Crippen molar-refractivity contribution in [3.63, 3.8) is 0 Å². The van der Waals surface area contributed by atoms with E-state index in [1.54, 1.807) is 0 Å². The van der Waals surface area contributed by atoms with Gasteiger partial charge in [-0.25, -0.2) is 0 Å². The molecule has 1 rings (SSSR count). The fraction of sp³-hybridized carbons (Fsp3) is 0.455. The molecule has 108 valence electrons. The normalized spacial score (nSPS) is 16.3. The molecule has 0 saturated carbocycles. The summed E-state index contributed by atoms with van der Waals surface area (Å²) in [5.74, 6) is 0. The molecular formula is C11H11F6NO. The molecule has 0 bridgehead atoms. The van der Waals surface area contributed by atoms with Gasteiger partial charge >= 0.3 is 12.4 Å². The Bertz CT molecular complexity index is 419. The monoisotopic (exact) mass is 287 g/mol. The molecule has 0 aliphatic heterocycles. The van der Waals surface area contributed by atoms with Crippen LogP contribution in [0.2, 0.25) is 0 Å². The van der Waals surface area contributed by atoms with E-state index >= 15 is 0 Å². The van der Waals surface area contributed by atoms with Crippen LogP contribution < -0.4 is 5.73 Å². The number of aliphatic hydroxyl groups is 1. The van der Waals surface area contributed by atoms with Crippen LogP contribution in [0.4, 0.5) is 26.3 Å². The number of benzene rings is 1. The fourth-order valence-electron chi connectivity index (χ4n) is 1.45. The van der Waals surface area contributed by atoms with Crippen molar-refractivity contribution < 1.29 is 31.4 Å². The highest BCUT2D eigenvalue weighted by atomic mass is 19.4. The van der Waals surface area contributed by atoms with E-state index in [1.807, 2.05) is 0 Å². The van der Waals surface area contributed by atoms with Gasteiger partial charge in [-0.15, -0.1) is 0 Å². The van der Waals surface area contributed by atoms with Crippen LogP contribution >= 0.6 is 0 Å². The first-order chi connectivity index (χ1) is 8.43. The van der Waals surface area contributed by atoms with Gasteiger partial charge in [0.2, 0.25) is 0 Å². The molecular weight excluding hydrogens is 276 g/mol. The number of nitrogens with two attached hydrogens (primary N) is 1. The van der Waals surface area contributed by atoms with Gasteiger partial charge in [0.1, 0.15) is 0 Å². The quantitative estimate of drug-likeness (QED) is 0.821. The van der Waals surface area contributed by atoms with Crippen LogP contribution in [0.1, 0.15) is 29.7 Å². The van der Waals surface area contributed by atoms with Crippen molar-refractivity contribution >= 4 is 0 Å². The maximum atomic E-state index is 12.5. The molecule has 0 amide bonds. The average molecular weight is 287 g/mol. The van der Waals surface area contributed by atoms with Crippen molar-refractivity contribution in [1.29, 1.82) is 0 Å². The number of aliphatic hydroxyl groups excluding tert-OH is 1. The van der Waals surface area contributed by atoms with Crippen LogP contribution in [0.25, 0.3) is 0 Å². The second-order valence-corrected chi connectivity index (χ2v) is 4.11. The van der Waals surface area contributed by atoms with Crippen molar-refractivity contribution in [2.75, 3.05) is 0 Å². The maximum Gasteiger partial charge on any atom is 0.416 e. The SMILES string of the molecule is C[C@H](O)[C@@H](N)c1cc(C(F)(F)F)cc(C(F)(F)F)c1. The second kappa shape index (κ2) is 5.01. The van der Waals surface area contributed by atoms with Crippen molar-refractivity contribution in [3.8, 4) is 0 Å². The summed E-state index contributed by atoms with van der Waals surface area (Å²) in [6, 6.07) is -0.305. The number of hydrogen-bond acceptors (Lipinski definition) is 2. The Labute approximate surface area is 104 Å². The third kappa shape index (κ3) is 3.84. The van der Waals surface area contributed by atoms with Crippen molar-refractivity contribution in [3.05, 3.63) is 34.9 Å². The van der Waals surface area contributed by atoms with E-state index in [0.29, 0.717) is 12.1 Å². The van der Waals surface area contributed by atoms with Crippen molar-refractivity contribution in [2.24, 2.45) is 5.73 Å². The molecule has 0 fully saturated rings. The van der Waals surface area contributed by atoms with Crippen LogP contribution in [0.5, 0.6) is 0 Å². The summed E-state index contributed by atoms with van der Waals surface area (Å²) in [4.78, 5) is 0. The molecule has 0 heterocycles. The van der Waals surface area contributed by atoms with Crippen LogP contribution in [0.3, 0.4) is 0 Å². The minimum absolute atomic E-state index is 0.0122. The average Bonchev–Trinajstić information content (AvgIpc) is 2.24. The predicted octanol–water partition coefficient (Wildman–Crippen LogP) is 3.10. The van der Waals surface area contributed by atoms with Gasteiger partial charge in [0.15, 0.2) is 0 Å². The van der Waals surface area contributed by atoms with Crippen molar-refractivity contribution in [1.82, 2.24) is 0 Å². The largest absolute Gasteiger partial charge is 0.416 e. The summed E-state index contributed by atoms with van der Waals surface area (Å²) in [6.07, 6.45) is -11.1. The van der Waals surface area contributed by atoms with Crippen LogP contribution in [-0.4, -0.2) is 11.2 Å². The Morgan fingerprint density at radius 2 is 1.32 bits per heavy atom. The lowest BCUT2D eigenvalue weighted by Gasteiger charge is -2.19. The van der Waals surface area contributed by atoms with Crippen LogP contribution in [0, 0.1) is 0 Å². The van der Waals surface area contributed by atoms with E-state index < -0.39 is 41.2 Å². The van der Waals surface area contributed by atoms with E-state index in [9.17, 15) is 31.4 Å². The van der Waals surface area contributed by atoms with Gasteiger partial charge < -0.3 is 10.8 Å². The number of hydrogen-bond donors (Lipinski definition) is 2. The summed E-state index contributed by atoms with van der Waals surface area (Å²) in [7, 11) is 0. The molecule has 0 spiro atoms. The molecule has 3 N–H and O–H groups in total. The lowest BCUT2D eigenvalue weighted by molar-refractivity contribution is -0.143. The number of halogens is 6. The molecule has 8 heteroatoms. The Morgan fingerprint density at radius 3 is 1.58 bits per heavy atom. The standard InChI is InChI=1S/C11H11F6NO/c1-5(19)9(18)6-2-7(10(12,13)14)4-8(3-6)11(15,16)17/h2-5,9,19H,18H2,1H3/t5-,9+/m0/s1. The third-order valence-electron chi connectivity index (χ3n) is 2.51. The zero-order chi connectivity index (χ0) is 15.0. The third-order valence-corrected chi connectivity index (χ3v) is 2.51. The Balaban J connectivity index is 3.41. The van der Waals surface area contributed by atoms with E-state index in [-0.39, 0.29) is 6.07 Å². The lowest BCUT2D eigenvalue weighted by atomic mass is 9.97. The Morgan fingerprint density at radius 1 is 0.947 bits per heavy atom. The zero-order valence-corrected chi connectivity index (χ0v) is 9.68. The molecule has 0 unspecified atom stereocenters. The molecule has 0 aromatic heterocycles. The summed E-state index contributed by atoms with van der Waals surface area (Å²) in [5, 5.41) is 9.17. The molecule has 1 aromatic carbocycles. The molecule has 0 aliphatic carbocycles. The first-order valence-corrected chi connectivity index (χ1v) is 5.16. The summed E-state index contributed by atoms with van der Waals surface area (Å²) >= 11 is 0. The van der Waals surface area contributed by atoms with Gasteiger partial charge in [0, 0.05) is 0 Å². The van der Waals surface area contributed by atoms with Crippen molar-refractivity contribution in [2.45, 2.75) is 31.4 Å². The molecule has 1 aromatic rings. The van der Waals surface area contributed by atoms with Gasteiger partial charge in [0.05, 0.1) is 23.3 Å². The zero-order valence-electron chi connectivity index (χ0n) is 9.68. The molecule has 0 saturated heterocycles. The molecule has 2 atom stereocenters. The minimum Gasteiger partial charge on any atom is -0.391 e. The Hall–Kier alpha value is -1.28. The van der Waals surface area contributed by atoms with E-state index in [0.717, 1.165) is 0 Å². The number of alkyl halides is 6. The first-order valence-electron chi connectivity index (χ1n) is 5.16. The summed E-state index contributed by atoms with van der Waals surface area (Å²) in [6.45, 7) is 1.18. The van der Waals surface area contributed by atoms with Gasteiger partial charge in [-0.2, -0.15) is 26.3 Å². The molecule has 0 radical (unpaired) electrons. The van der Waals surface area contributed by atoms with Gasteiger partial charge in [0.25, 0.3) is 0 Å². The van der Waals surface area contributed by atoms with Crippen LogP contribution in [-0.2, 0) is 12.4 Å². The highest BCUT2D eigenvalue weighted by molar-refractivity contribution is 5.35. The van der Waals surface area contributed by atoms with Gasteiger partial charge in [-0.3, -0.25) is 0 Å². The van der Waals surface area contributed by atoms with E-state index in [4.69, 9.17) is 5.73 Å².